The molecule has 1 aliphatic heterocycles. The number of aliphatic imine (C=N–C) groups is 1. The molecule has 0 atom stereocenters. The number of rotatable bonds is 6. The highest BCUT2D eigenvalue weighted by Crippen LogP contribution is 2.07. The smallest absolute Gasteiger partial charge is 0.244 e. The summed E-state index contributed by atoms with van der Waals surface area (Å²) in [6.45, 7) is 7.95. The molecule has 0 spiro atoms. The van der Waals surface area contributed by atoms with Gasteiger partial charge in [-0.25, -0.2) is 4.99 Å². The maximum absolute atomic E-state index is 11.8. The zero-order valence-corrected chi connectivity index (χ0v) is 11.7. The van der Waals surface area contributed by atoms with Crippen molar-refractivity contribution in [1.82, 2.24) is 15.5 Å². The van der Waals surface area contributed by atoms with Crippen LogP contribution in [0.1, 0.15) is 39.5 Å². The molecule has 1 fully saturated rings. The largest absolute Gasteiger partial charge is 0.357 e. The third-order valence-electron chi connectivity index (χ3n) is 3.00. The van der Waals surface area contributed by atoms with Gasteiger partial charge in [-0.15, -0.1) is 0 Å². The van der Waals surface area contributed by atoms with E-state index in [0.29, 0.717) is 0 Å². The minimum atomic E-state index is 0.139. The lowest BCUT2D eigenvalue weighted by Crippen LogP contribution is -2.39. The van der Waals surface area contributed by atoms with E-state index in [1.807, 2.05) is 11.8 Å². The molecule has 5 nitrogen and oxygen atoms in total. The highest BCUT2D eigenvalue weighted by atomic mass is 16.2. The normalized spacial score (nSPS) is 15.9. The number of likely N-dealkylation sites (tertiary alicyclic amines) is 1. The van der Waals surface area contributed by atoms with Gasteiger partial charge in [-0.2, -0.15) is 0 Å². The summed E-state index contributed by atoms with van der Waals surface area (Å²) in [5.74, 6) is 0.888. The first-order chi connectivity index (χ1) is 8.77. The Labute approximate surface area is 110 Å². The van der Waals surface area contributed by atoms with Gasteiger partial charge in [0.2, 0.25) is 5.91 Å². The van der Waals surface area contributed by atoms with Crippen molar-refractivity contribution < 1.29 is 4.79 Å². The molecular formula is C13H26N4O. The summed E-state index contributed by atoms with van der Waals surface area (Å²) in [6.07, 6.45) is 4.53. The molecule has 0 aromatic heterocycles. The van der Waals surface area contributed by atoms with Crippen molar-refractivity contribution >= 4 is 11.9 Å². The zero-order valence-electron chi connectivity index (χ0n) is 11.7. The van der Waals surface area contributed by atoms with Crippen molar-refractivity contribution in [2.45, 2.75) is 39.5 Å². The highest BCUT2D eigenvalue weighted by molar-refractivity contribution is 5.85. The molecule has 0 aliphatic carbocycles. The van der Waals surface area contributed by atoms with Crippen LogP contribution in [-0.2, 0) is 4.79 Å². The minimum Gasteiger partial charge on any atom is -0.357 e. The zero-order chi connectivity index (χ0) is 13.2. The van der Waals surface area contributed by atoms with Gasteiger partial charge in [0.15, 0.2) is 5.96 Å². The van der Waals surface area contributed by atoms with Gasteiger partial charge >= 0.3 is 0 Å². The molecule has 1 heterocycles. The van der Waals surface area contributed by atoms with Gasteiger partial charge in [-0.1, -0.05) is 13.3 Å². The fraction of sp³-hybridized carbons (Fsp3) is 0.846. The third-order valence-corrected chi connectivity index (χ3v) is 3.00. The van der Waals surface area contributed by atoms with Gasteiger partial charge in [0.05, 0.1) is 0 Å². The van der Waals surface area contributed by atoms with Crippen molar-refractivity contribution in [3.05, 3.63) is 0 Å². The van der Waals surface area contributed by atoms with Crippen LogP contribution in [0.25, 0.3) is 0 Å². The fourth-order valence-electron chi connectivity index (χ4n) is 1.94. The quantitative estimate of drug-likeness (QED) is 0.422. The maximum atomic E-state index is 11.8. The van der Waals surface area contributed by atoms with Crippen LogP contribution >= 0.6 is 0 Å². The average Bonchev–Trinajstić information content (AvgIpc) is 2.89. The van der Waals surface area contributed by atoms with Crippen LogP contribution in [0.3, 0.4) is 0 Å². The van der Waals surface area contributed by atoms with Crippen molar-refractivity contribution in [2.24, 2.45) is 4.99 Å². The second kappa shape index (κ2) is 8.78. The number of hydrogen-bond donors (Lipinski definition) is 2. The Morgan fingerprint density at radius 3 is 2.56 bits per heavy atom. The van der Waals surface area contributed by atoms with E-state index >= 15 is 0 Å². The van der Waals surface area contributed by atoms with Gasteiger partial charge in [-0.05, 0) is 26.2 Å². The number of nitrogens with zero attached hydrogens (tertiary/aromatic N) is 2. The van der Waals surface area contributed by atoms with Crippen LogP contribution in [0.4, 0.5) is 0 Å². The molecule has 5 heteroatoms. The van der Waals surface area contributed by atoms with E-state index < -0.39 is 0 Å². The van der Waals surface area contributed by atoms with E-state index in [-0.39, 0.29) is 12.5 Å². The average molecular weight is 254 g/mol. The predicted molar refractivity (Wildman–Crippen MR) is 74.7 cm³/mol. The second-order valence-electron chi connectivity index (χ2n) is 4.56. The summed E-state index contributed by atoms with van der Waals surface area (Å²) < 4.78 is 0. The molecule has 18 heavy (non-hydrogen) atoms. The van der Waals surface area contributed by atoms with Crippen molar-refractivity contribution in [2.75, 3.05) is 32.7 Å². The highest BCUT2D eigenvalue weighted by Gasteiger charge is 2.17. The number of unbranched alkanes of at least 4 members (excludes halogenated alkanes) is 1. The van der Waals surface area contributed by atoms with Gasteiger partial charge in [-0.3, -0.25) is 4.79 Å². The summed E-state index contributed by atoms with van der Waals surface area (Å²) in [6, 6.07) is 0. The summed E-state index contributed by atoms with van der Waals surface area (Å²) in [4.78, 5) is 18.1. The Bertz CT molecular complexity index is 272. The van der Waals surface area contributed by atoms with Crippen LogP contribution < -0.4 is 10.6 Å². The van der Waals surface area contributed by atoms with Crippen LogP contribution in [0.5, 0.6) is 0 Å². The number of amides is 1. The van der Waals surface area contributed by atoms with E-state index in [1.165, 1.54) is 0 Å². The molecule has 0 radical (unpaired) electrons. The van der Waals surface area contributed by atoms with Crippen molar-refractivity contribution in [3.63, 3.8) is 0 Å². The summed E-state index contributed by atoms with van der Waals surface area (Å²) in [7, 11) is 0. The van der Waals surface area contributed by atoms with Crippen LogP contribution in [0.2, 0.25) is 0 Å². The summed E-state index contributed by atoms with van der Waals surface area (Å²) in [5.41, 5.74) is 0. The van der Waals surface area contributed by atoms with Gasteiger partial charge in [0, 0.05) is 26.2 Å². The molecule has 1 rings (SSSR count). The Kier molecular flexibility index (Phi) is 7.22. The molecular weight excluding hydrogens is 228 g/mol. The van der Waals surface area contributed by atoms with E-state index in [0.717, 1.165) is 57.8 Å². The molecule has 104 valence electrons. The number of guanidine groups is 1. The van der Waals surface area contributed by atoms with Crippen molar-refractivity contribution in [3.8, 4) is 0 Å². The standard InChI is InChI=1S/C13H26N4O/c1-3-5-8-15-13(14-4-2)16-11-12(18)17-9-6-7-10-17/h3-11H2,1-2H3,(H2,14,15,16). The Morgan fingerprint density at radius 2 is 1.94 bits per heavy atom. The van der Waals surface area contributed by atoms with Gasteiger partial charge in [0.1, 0.15) is 6.54 Å². The monoisotopic (exact) mass is 254 g/mol. The lowest BCUT2D eigenvalue weighted by molar-refractivity contribution is -0.128. The summed E-state index contributed by atoms with van der Waals surface area (Å²) >= 11 is 0. The molecule has 1 aliphatic rings. The van der Waals surface area contributed by atoms with Crippen LogP contribution in [0, 0.1) is 0 Å². The van der Waals surface area contributed by atoms with Crippen molar-refractivity contribution in [1.29, 1.82) is 0 Å². The number of carbonyl (C=O) groups excluding carboxylic acids is 1. The van der Waals surface area contributed by atoms with E-state index in [2.05, 4.69) is 22.5 Å². The first-order valence-electron chi connectivity index (χ1n) is 7.07. The molecule has 0 bridgehead atoms. The maximum Gasteiger partial charge on any atom is 0.244 e. The fourth-order valence-corrected chi connectivity index (χ4v) is 1.94. The van der Waals surface area contributed by atoms with Gasteiger partial charge in [0.25, 0.3) is 0 Å². The summed E-state index contributed by atoms with van der Waals surface area (Å²) in [5, 5.41) is 6.39. The topological polar surface area (TPSA) is 56.7 Å². The molecule has 0 aromatic rings. The minimum absolute atomic E-state index is 0.139. The first-order valence-corrected chi connectivity index (χ1v) is 7.07. The number of hydrogen-bond acceptors (Lipinski definition) is 2. The molecule has 0 saturated carbocycles. The lowest BCUT2D eigenvalue weighted by atomic mass is 10.3. The Balaban J connectivity index is 2.35. The van der Waals surface area contributed by atoms with Crippen LogP contribution in [0.15, 0.2) is 4.99 Å². The Hall–Kier alpha value is -1.26. The molecule has 1 amide bonds. The number of nitrogens with one attached hydrogen (secondary N) is 2. The third kappa shape index (κ3) is 5.38. The lowest BCUT2D eigenvalue weighted by Gasteiger charge is -2.15. The van der Waals surface area contributed by atoms with Gasteiger partial charge < -0.3 is 15.5 Å². The van der Waals surface area contributed by atoms with E-state index in [1.54, 1.807) is 0 Å². The SMILES string of the molecule is CCCCNC(=NCC(=O)N1CCCC1)NCC. The van der Waals surface area contributed by atoms with E-state index in [4.69, 9.17) is 0 Å². The second-order valence-corrected chi connectivity index (χ2v) is 4.56. The number of carbonyl (C=O) groups is 1. The molecule has 2 N–H and O–H groups in total. The molecule has 0 aromatic carbocycles. The first kappa shape index (κ1) is 14.8. The molecule has 0 unspecified atom stereocenters. The Morgan fingerprint density at radius 1 is 1.22 bits per heavy atom. The predicted octanol–water partition coefficient (Wildman–Crippen LogP) is 0.964. The van der Waals surface area contributed by atoms with Crippen LogP contribution in [-0.4, -0.2) is 49.5 Å². The van der Waals surface area contributed by atoms with E-state index in [9.17, 15) is 4.79 Å². The molecule has 1 saturated heterocycles.